The van der Waals surface area contributed by atoms with E-state index in [9.17, 15) is 29.1 Å². The van der Waals surface area contributed by atoms with Gasteiger partial charge in [0.25, 0.3) is 0 Å². The van der Waals surface area contributed by atoms with Crippen LogP contribution in [0.15, 0.2) is 30.3 Å². The highest BCUT2D eigenvalue weighted by Gasteiger charge is 2.40. The molecule has 0 aliphatic carbocycles. The first-order valence-electron chi connectivity index (χ1n) is 14.8. The monoisotopic (exact) mass is 588 g/mol. The summed E-state index contributed by atoms with van der Waals surface area (Å²) in [5.41, 5.74) is 12.4. The maximum Gasteiger partial charge on any atom is 0.326 e. The minimum absolute atomic E-state index is 0.163. The zero-order valence-electron chi connectivity index (χ0n) is 25.2. The van der Waals surface area contributed by atoms with Gasteiger partial charge in [0.2, 0.25) is 23.6 Å². The molecule has 12 heteroatoms. The van der Waals surface area contributed by atoms with E-state index in [1.54, 1.807) is 13.8 Å². The summed E-state index contributed by atoms with van der Waals surface area (Å²) in [6, 6.07) is 4.56. The number of rotatable bonds is 16. The van der Waals surface area contributed by atoms with Crippen molar-refractivity contribution in [3.63, 3.8) is 0 Å². The molecular formula is C30H48N6O6. The predicted molar refractivity (Wildman–Crippen MR) is 159 cm³/mol. The Balaban J connectivity index is 2.21. The molecule has 0 radical (unpaired) electrons. The Morgan fingerprint density at radius 3 is 2.19 bits per heavy atom. The van der Waals surface area contributed by atoms with Gasteiger partial charge in [-0.15, -0.1) is 0 Å². The second-order valence-corrected chi connectivity index (χ2v) is 11.7. The Labute approximate surface area is 248 Å². The average molecular weight is 589 g/mol. The second-order valence-electron chi connectivity index (χ2n) is 11.7. The zero-order valence-corrected chi connectivity index (χ0v) is 25.2. The van der Waals surface area contributed by atoms with Crippen LogP contribution in [0, 0.1) is 11.8 Å². The lowest BCUT2D eigenvalue weighted by atomic mass is 10.0. The third kappa shape index (κ3) is 10.4. The number of nitrogens with two attached hydrogens (primary N) is 2. The smallest absolute Gasteiger partial charge is 0.326 e. The summed E-state index contributed by atoms with van der Waals surface area (Å²) in [5.74, 6) is -3.30. The summed E-state index contributed by atoms with van der Waals surface area (Å²) in [5, 5.41) is 17.6. The van der Waals surface area contributed by atoms with Gasteiger partial charge in [0.05, 0.1) is 6.04 Å². The molecule has 1 fully saturated rings. The van der Waals surface area contributed by atoms with Crippen LogP contribution in [0.25, 0.3) is 0 Å². The van der Waals surface area contributed by atoms with E-state index < -0.39 is 59.8 Å². The van der Waals surface area contributed by atoms with Crippen LogP contribution in [0.5, 0.6) is 0 Å². The maximum atomic E-state index is 13.9. The van der Waals surface area contributed by atoms with Crippen LogP contribution >= 0.6 is 0 Å². The molecule has 2 rings (SSSR count). The molecule has 0 saturated carbocycles. The molecule has 1 aromatic rings. The summed E-state index contributed by atoms with van der Waals surface area (Å²) in [6.07, 6.45) is 2.22. The Hall–Kier alpha value is -3.51. The number of aliphatic carboxylic acids is 1. The average Bonchev–Trinajstić information content (AvgIpc) is 3.43. The van der Waals surface area contributed by atoms with Crippen LogP contribution in [-0.4, -0.2) is 82.9 Å². The third-order valence-corrected chi connectivity index (χ3v) is 7.36. The maximum absolute atomic E-state index is 13.9. The van der Waals surface area contributed by atoms with Gasteiger partial charge in [0.15, 0.2) is 0 Å². The van der Waals surface area contributed by atoms with E-state index in [-0.39, 0.29) is 31.2 Å². The Kier molecular flexibility index (Phi) is 13.9. The van der Waals surface area contributed by atoms with Gasteiger partial charge >= 0.3 is 5.97 Å². The van der Waals surface area contributed by atoms with Crippen molar-refractivity contribution in [1.29, 1.82) is 0 Å². The van der Waals surface area contributed by atoms with Gasteiger partial charge in [0.1, 0.15) is 24.2 Å². The Morgan fingerprint density at radius 1 is 0.976 bits per heavy atom. The van der Waals surface area contributed by atoms with Crippen LogP contribution in [-0.2, 0) is 30.4 Å². The molecule has 12 nitrogen and oxygen atoms in total. The van der Waals surface area contributed by atoms with Crippen LogP contribution in [0.3, 0.4) is 0 Å². The molecule has 0 unspecified atom stereocenters. The number of nitrogens with zero attached hydrogens (tertiary/aromatic N) is 1. The van der Waals surface area contributed by atoms with E-state index in [4.69, 9.17) is 11.5 Å². The molecule has 5 atom stereocenters. The first kappa shape index (κ1) is 34.7. The van der Waals surface area contributed by atoms with Gasteiger partial charge in [-0.1, -0.05) is 58.0 Å². The number of likely N-dealkylation sites (tertiary alicyclic amines) is 1. The summed E-state index contributed by atoms with van der Waals surface area (Å²) in [4.78, 5) is 66.4. The molecule has 1 saturated heterocycles. The van der Waals surface area contributed by atoms with Crippen molar-refractivity contribution >= 4 is 29.6 Å². The molecule has 0 bridgehead atoms. The van der Waals surface area contributed by atoms with Gasteiger partial charge in [-0.3, -0.25) is 19.2 Å². The van der Waals surface area contributed by atoms with Gasteiger partial charge in [-0.05, 0) is 56.0 Å². The van der Waals surface area contributed by atoms with Gasteiger partial charge in [-0.25, -0.2) is 4.79 Å². The van der Waals surface area contributed by atoms with Crippen molar-refractivity contribution in [2.75, 3.05) is 13.1 Å². The van der Waals surface area contributed by atoms with Crippen molar-refractivity contribution < 1.29 is 29.1 Å². The number of carboxylic acids is 1. The minimum atomic E-state index is -1.18. The largest absolute Gasteiger partial charge is 0.480 e. The lowest BCUT2D eigenvalue weighted by molar-refractivity contribution is -0.144. The molecule has 1 heterocycles. The molecule has 42 heavy (non-hydrogen) atoms. The van der Waals surface area contributed by atoms with Crippen LogP contribution in [0.2, 0.25) is 0 Å². The summed E-state index contributed by atoms with van der Waals surface area (Å²) >= 11 is 0. The van der Waals surface area contributed by atoms with Crippen molar-refractivity contribution in [3.05, 3.63) is 35.9 Å². The highest BCUT2D eigenvalue weighted by atomic mass is 16.4. The molecule has 4 amide bonds. The molecule has 234 valence electrons. The van der Waals surface area contributed by atoms with E-state index >= 15 is 0 Å². The SMILES string of the molecule is CC(C)C[C@H](N)C(=O)N[C@H](Cc1ccccc1)C(=O)N1CCC[C@H]1C(=O)N[C@H](C(=O)N[C@@H](CCCN)C(=O)O)C(C)C. The molecule has 0 aromatic heterocycles. The molecule has 8 N–H and O–H groups in total. The molecule has 0 spiro atoms. The summed E-state index contributed by atoms with van der Waals surface area (Å²) in [7, 11) is 0. The highest BCUT2D eigenvalue weighted by molar-refractivity contribution is 5.96. The molecular weight excluding hydrogens is 540 g/mol. The quantitative estimate of drug-likeness (QED) is 0.161. The predicted octanol–water partition coefficient (Wildman–Crippen LogP) is 0.527. The van der Waals surface area contributed by atoms with Crippen molar-refractivity contribution in [2.24, 2.45) is 23.3 Å². The normalized spacial score (nSPS) is 17.8. The number of amides is 4. The Morgan fingerprint density at radius 2 is 1.62 bits per heavy atom. The second kappa shape index (κ2) is 16.8. The Bertz CT molecular complexity index is 1070. The molecule has 1 aliphatic rings. The number of carboxylic acid groups (broad SMARTS) is 1. The van der Waals surface area contributed by atoms with Crippen LogP contribution in [0.4, 0.5) is 0 Å². The van der Waals surface area contributed by atoms with E-state index in [2.05, 4.69) is 16.0 Å². The minimum Gasteiger partial charge on any atom is -0.480 e. The van der Waals surface area contributed by atoms with E-state index in [0.29, 0.717) is 32.2 Å². The fraction of sp³-hybridized carbons (Fsp3) is 0.633. The number of nitrogens with one attached hydrogen (secondary N) is 3. The van der Waals surface area contributed by atoms with Gasteiger partial charge in [-0.2, -0.15) is 0 Å². The molecule has 1 aromatic carbocycles. The standard InChI is InChI=1S/C30H48N6O6/c1-18(2)16-21(32)26(37)34-23(17-20-10-6-5-7-11-20)29(40)36-15-9-13-24(36)27(38)35-25(19(3)4)28(39)33-22(30(41)42)12-8-14-31/h5-7,10-11,18-19,21-25H,8-9,12-17,31-32H2,1-4H3,(H,33,39)(H,34,37)(H,35,38)(H,41,42)/t21-,22-,23+,24-,25-/m0/s1. The van der Waals surface area contributed by atoms with E-state index in [1.165, 1.54) is 4.90 Å². The first-order chi connectivity index (χ1) is 19.8. The lowest BCUT2D eigenvalue weighted by Crippen LogP contribution is -2.59. The van der Waals surface area contributed by atoms with Crippen LogP contribution < -0.4 is 27.4 Å². The third-order valence-electron chi connectivity index (χ3n) is 7.36. The van der Waals surface area contributed by atoms with E-state index in [1.807, 2.05) is 44.2 Å². The zero-order chi connectivity index (χ0) is 31.4. The highest BCUT2D eigenvalue weighted by Crippen LogP contribution is 2.21. The van der Waals surface area contributed by atoms with Crippen molar-refractivity contribution in [3.8, 4) is 0 Å². The van der Waals surface area contributed by atoms with E-state index in [0.717, 1.165) is 5.56 Å². The fourth-order valence-electron chi connectivity index (χ4n) is 5.07. The number of hydrogen-bond acceptors (Lipinski definition) is 7. The van der Waals surface area contributed by atoms with Crippen LogP contribution in [0.1, 0.15) is 65.4 Å². The topological polar surface area (TPSA) is 197 Å². The first-order valence-corrected chi connectivity index (χ1v) is 14.8. The van der Waals surface area contributed by atoms with Crippen molar-refractivity contribution in [1.82, 2.24) is 20.9 Å². The van der Waals surface area contributed by atoms with Crippen molar-refractivity contribution in [2.45, 2.75) is 96.4 Å². The number of carbonyl (C=O) groups excluding carboxylic acids is 4. The number of hydrogen-bond donors (Lipinski definition) is 6. The fourth-order valence-corrected chi connectivity index (χ4v) is 5.07. The lowest BCUT2D eigenvalue weighted by Gasteiger charge is -2.31. The summed E-state index contributed by atoms with van der Waals surface area (Å²) in [6.45, 7) is 7.99. The number of carbonyl (C=O) groups is 5. The van der Waals surface area contributed by atoms with Gasteiger partial charge in [0, 0.05) is 13.0 Å². The molecule has 1 aliphatic heterocycles. The summed E-state index contributed by atoms with van der Waals surface area (Å²) < 4.78 is 0. The van der Waals surface area contributed by atoms with Gasteiger partial charge < -0.3 is 37.4 Å². The number of benzene rings is 1.